The average Bonchev–Trinajstić information content (AvgIpc) is 2.81. The summed E-state index contributed by atoms with van der Waals surface area (Å²) in [5.41, 5.74) is 1.66. The molecule has 1 aromatic carbocycles. The number of terminal acetylenes is 1. The van der Waals surface area contributed by atoms with Gasteiger partial charge < -0.3 is 10.1 Å². The number of thiazole rings is 1. The molecule has 0 aliphatic carbocycles. The highest BCUT2D eigenvalue weighted by atomic mass is 35.5. The average molecular weight is 279 g/mol. The third kappa shape index (κ3) is 2.95. The third-order valence-corrected chi connectivity index (χ3v) is 3.46. The molecule has 0 spiro atoms. The van der Waals surface area contributed by atoms with Gasteiger partial charge in [0.1, 0.15) is 5.75 Å². The summed E-state index contributed by atoms with van der Waals surface area (Å²) in [6, 6.07) is 5.64. The summed E-state index contributed by atoms with van der Waals surface area (Å²) in [6.07, 6.45) is 7.18. The van der Waals surface area contributed by atoms with Crippen molar-refractivity contribution in [1.29, 1.82) is 0 Å². The van der Waals surface area contributed by atoms with Gasteiger partial charge in [0, 0.05) is 16.8 Å². The van der Waals surface area contributed by atoms with E-state index in [1.54, 1.807) is 13.3 Å². The Bertz CT molecular complexity index is 589. The van der Waals surface area contributed by atoms with E-state index in [4.69, 9.17) is 22.8 Å². The number of aromatic nitrogens is 1. The van der Waals surface area contributed by atoms with Crippen LogP contribution in [0.25, 0.3) is 0 Å². The molecule has 92 valence electrons. The largest absolute Gasteiger partial charge is 0.495 e. The lowest BCUT2D eigenvalue weighted by atomic mass is 10.2. The van der Waals surface area contributed by atoms with E-state index >= 15 is 0 Å². The van der Waals surface area contributed by atoms with Crippen LogP contribution in [0.3, 0.4) is 0 Å². The number of nitrogens with one attached hydrogen (secondary N) is 1. The van der Waals surface area contributed by atoms with Crippen molar-refractivity contribution in [2.24, 2.45) is 0 Å². The van der Waals surface area contributed by atoms with E-state index in [1.807, 2.05) is 18.2 Å². The van der Waals surface area contributed by atoms with Crippen LogP contribution in [0.4, 0.5) is 5.69 Å². The predicted molar refractivity (Wildman–Crippen MR) is 75.4 cm³/mol. The molecule has 0 fully saturated rings. The second kappa shape index (κ2) is 5.76. The van der Waals surface area contributed by atoms with Crippen LogP contribution >= 0.6 is 22.9 Å². The van der Waals surface area contributed by atoms with E-state index < -0.39 is 0 Å². The van der Waals surface area contributed by atoms with Gasteiger partial charge in [0.15, 0.2) is 4.47 Å². The maximum atomic E-state index is 5.77. The first-order chi connectivity index (χ1) is 8.72. The number of rotatable bonds is 4. The first-order valence-corrected chi connectivity index (χ1v) is 6.41. The maximum Gasteiger partial charge on any atom is 0.183 e. The highest BCUT2D eigenvalue weighted by molar-refractivity contribution is 7.15. The zero-order valence-corrected chi connectivity index (χ0v) is 11.3. The molecule has 2 aromatic rings. The minimum absolute atomic E-state index is 0.547. The number of ether oxygens (including phenoxy) is 1. The lowest BCUT2D eigenvalue weighted by molar-refractivity contribution is 0.413. The van der Waals surface area contributed by atoms with E-state index in [-0.39, 0.29) is 0 Å². The van der Waals surface area contributed by atoms with Gasteiger partial charge in [-0.15, -0.1) is 17.8 Å². The number of hydrogen-bond donors (Lipinski definition) is 1. The maximum absolute atomic E-state index is 5.77. The van der Waals surface area contributed by atoms with Crippen molar-refractivity contribution < 1.29 is 4.74 Å². The zero-order valence-electron chi connectivity index (χ0n) is 9.74. The van der Waals surface area contributed by atoms with Crippen LogP contribution in [-0.2, 0) is 6.54 Å². The Morgan fingerprint density at radius 2 is 2.39 bits per heavy atom. The molecule has 0 atom stereocenters. The molecule has 0 saturated heterocycles. The van der Waals surface area contributed by atoms with Crippen molar-refractivity contribution in [3.8, 4) is 18.1 Å². The minimum Gasteiger partial charge on any atom is -0.495 e. The number of anilines is 1. The van der Waals surface area contributed by atoms with Gasteiger partial charge in [-0.25, -0.2) is 4.98 Å². The number of hydrogen-bond acceptors (Lipinski definition) is 4. The molecular formula is C13H11ClN2OS. The lowest BCUT2D eigenvalue weighted by Crippen LogP contribution is -1.98. The zero-order chi connectivity index (χ0) is 13.0. The highest BCUT2D eigenvalue weighted by Gasteiger charge is 2.03. The standard InChI is InChI=1S/C13H11ClN2OS/c1-3-9-6-10(4-5-12(9)17-2)15-7-11-8-16-13(14)18-11/h1,4-6,8,15H,7H2,2H3. The molecule has 0 aliphatic rings. The van der Waals surface area contributed by atoms with Gasteiger partial charge in [0.2, 0.25) is 0 Å². The Hall–Kier alpha value is -1.70. The fraction of sp³-hybridized carbons (Fsp3) is 0.154. The van der Waals surface area contributed by atoms with E-state index in [2.05, 4.69) is 16.2 Å². The number of benzene rings is 1. The Balaban J connectivity index is 2.08. The van der Waals surface area contributed by atoms with Gasteiger partial charge in [-0.3, -0.25) is 0 Å². The van der Waals surface area contributed by atoms with E-state index in [9.17, 15) is 0 Å². The fourth-order valence-corrected chi connectivity index (χ4v) is 2.40. The first kappa shape index (κ1) is 12.7. The Morgan fingerprint density at radius 1 is 1.56 bits per heavy atom. The molecule has 2 rings (SSSR count). The highest BCUT2D eigenvalue weighted by Crippen LogP contribution is 2.23. The van der Waals surface area contributed by atoms with Gasteiger partial charge in [0.05, 0.1) is 19.2 Å². The Kier molecular flexibility index (Phi) is 4.08. The summed E-state index contributed by atoms with van der Waals surface area (Å²) in [5.74, 6) is 3.29. The lowest BCUT2D eigenvalue weighted by Gasteiger charge is -2.08. The molecule has 1 heterocycles. The Morgan fingerprint density at radius 3 is 3.00 bits per heavy atom. The predicted octanol–water partition coefficient (Wildman–Crippen LogP) is 3.40. The molecule has 0 unspecified atom stereocenters. The SMILES string of the molecule is C#Cc1cc(NCc2cnc(Cl)s2)ccc1OC. The van der Waals surface area contributed by atoms with E-state index in [0.29, 0.717) is 16.8 Å². The fourth-order valence-electron chi connectivity index (χ4n) is 1.49. The molecular weight excluding hydrogens is 268 g/mol. The van der Waals surface area contributed by atoms with Gasteiger partial charge in [-0.2, -0.15) is 0 Å². The van der Waals surface area contributed by atoms with Gasteiger partial charge in [-0.05, 0) is 18.2 Å². The van der Waals surface area contributed by atoms with E-state index in [0.717, 1.165) is 16.1 Å². The smallest absolute Gasteiger partial charge is 0.183 e. The van der Waals surface area contributed by atoms with Crippen molar-refractivity contribution in [2.45, 2.75) is 6.54 Å². The van der Waals surface area contributed by atoms with E-state index in [1.165, 1.54) is 11.3 Å². The van der Waals surface area contributed by atoms with Crippen LogP contribution in [0.1, 0.15) is 10.4 Å². The normalized spacial score (nSPS) is 9.83. The van der Waals surface area contributed by atoms with Gasteiger partial charge >= 0.3 is 0 Å². The van der Waals surface area contributed by atoms with Crippen LogP contribution in [-0.4, -0.2) is 12.1 Å². The van der Waals surface area contributed by atoms with Gasteiger partial charge in [-0.1, -0.05) is 17.5 Å². The molecule has 3 nitrogen and oxygen atoms in total. The van der Waals surface area contributed by atoms with Crippen LogP contribution in [0.2, 0.25) is 4.47 Å². The van der Waals surface area contributed by atoms with Crippen molar-refractivity contribution in [1.82, 2.24) is 4.98 Å². The van der Waals surface area contributed by atoms with Crippen LogP contribution in [0.5, 0.6) is 5.75 Å². The summed E-state index contributed by atoms with van der Waals surface area (Å²) in [4.78, 5) is 5.05. The molecule has 18 heavy (non-hydrogen) atoms. The number of halogens is 1. The van der Waals surface area contributed by atoms with Crippen molar-refractivity contribution in [3.05, 3.63) is 39.3 Å². The molecule has 0 amide bonds. The van der Waals surface area contributed by atoms with Crippen molar-refractivity contribution >= 4 is 28.6 Å². The molecule has 0 aliphatic heterocycles. The Labute approximate surface area is 115 Å². The monoisotopic (exact) mass is 278 g/mol. The molecule has 0 radical (unpaired) electrons. The molecule has 0 bridgehead atoms. The van der Waals surface area contributed by atoms with Crippen LogP contribution < -0.4 is 10.1 Å². The quantitative estimate of drug-likeness (QED) is 0.871. The van der Waals surface area contributed by atoms with Gasteiger partial charge in [0.25, 0.3) is 0 Å². The first-order valence-electron chi connectivity index (χ1n) is 5.21. The summed E-state index contributed by atoms with van der Waals surface area (Å²) in [7, 11) is 1.60. The molecule has 1 N–H and O–H groups in total. The van der Waals surface area contributed by atoms with Crippen LogP contribution in [0.15, 0.2) is 24.4 Å². The number of nitrogens with zero attached hydrogens (tertiary/aromatic N) is 1. The van der Waals surface area contributed by atoms with Crippen LogP contribution in [0, 0.1) is 12.3 Å². The number of methoxy groups -OCH3 is 1. The summed E-state index contributed by atoms with van der Waals surface area (Å²) < 4.78 is 5.71. The summed E-state index contributed by atoms with van der Waals surface area (Å²) >= 11 is 7.22. The topological polar surface area (TPSA) is 34.2 Å². The second-order valence-electron chi connectivity index (χ2n) is 3.49. The summed E-state index contributed by atoms with van der Waals surface area (Å²) in [5, 5.41) is 3.26. The second-order valence-corrected chi connectivity index (χ2v) is 5.19. The van der Waals surface area contributed by atoms with Crippen molar-refractivity contribution in [2.75, 3.05) is 12.4 Å². The molecule has 1 aromatic heterocycles. The minimum atomic E-state index is 0.547. The molecule has 0 saturated carbocycles. The summed E-state index contributed by atoms with van der Waals surface area (Å²) in [6.45, 7) is 0.667. The third-order valence-electron chi connectivity index (χ3n) is 2.35. The van der Waals surface area contributed by atoms with Crippen molar-refractivity contribution in [3.63, 3.8) is 0 Å². The molecule has 5 heteroatoms.